The third-order valence-electron chi connectivity index (χ3n) is 4.26. The highest BCUT2D eigenvalue weighted by molar-refractivity contribution is 8.04. The minimum absolute atomic E-state index is 0.360. The summed E-state index contributed by atoms with van der Waals surface area (Å²) in [5, 5.41) is 0.360. The lowest BCUT2D eigenvalue weighted by atomic mass is 10.1. The Kier molecular flexibility index (Phi) is 3.95. The summed E-state index contributed by atoms with van der Waals surface area (Å²) >= 11 is 1.91. The second-order valence-electron chi connectivity index (χ2n) is 5.95. The Hall–Kier alpha value is -2.39. The molecule has 0 amide bonds. The van der Waals surface area contributed by atoms with Crippen LogP contribution in [-0.2, 0) is 0 Å². The number of methoxy groups -OCH3 is 1. The van der Waals surface area contributed by atoms with E-state index in [1.54, 1.807) is 7.11 Å². The van der Waals surface area contributed by atoms with Crippen LogP contribution < -0.4 is 9.64 Å². The summed E-state index contributed by atoms with van der Waals surface area (Å²) in [6.07, 6.45) is 8.78. The third-order valence-corrected chi connectivity index (χ3v) is 5.52. The predicted molar refractivity (Wildman–Crippen MR) is 102 cm³/mol. The number of thioether (sulfide) groups is 1. The van der Waals surface area contributed by atoms with Crippen LogP contribution in [0, 0.1) is 6.92 Å². The van der Waals surface area contributed by atoms with Gasteiger partial charge in [-0.05, 0) is 42.8 Å². The van der Waals surface area contributed by atoms with Gasteiger partial charge < -0.3 is 9.64 Å². The fourth-order valence-electron chi connectivity index (χ4n) is 3.07. The number of hydrogen-bond acceptors (Lipinski definition) is 3. The summed E-state index contributed by atoms with van der Waals surface area (Å²) in [6, 6.07) is 17.0. The van der Waals surface area contributed by atoms with Crippen LogP contribution in [0.5, 0.6) is 5.75 Å². The number of allylic oxidation sites excluding steroid dienone is 2. The fourth-order valence-corrected chi connectivity index (χ4v) is 4.27. The molecule has 0 aromatic heterocycles. The molecule has 0 N–H and O–H groups in total. The number of fused-ring (bicyclic) bond motifs is 1. The molecule has 3 heteroatoms. The first-order chi connectivity index (χ1) is 11.7. The van der Waals surface area contributed by atoms with Crippen molar-refractivity contribution in [2.75, 3.05) is 12.0 Å². The van der Waals surface area contributed by atoms with Crippen LogP contribution in [0.3, 0.4) is 0 Å². The Morgan fingerprint density at radius 3 is 2.79 bits per heavy atom. The number of anilines is 1. The summed E-state index contributed by atoms with van der Waals surface area (Å²) in [4.78, 5) is 3.55. The molecule has 2 aliphatic rings. The van der Waals surface area contributed by atoms with E-state index in [4.69, 9.17) is 4.74 Å². The largest absolute Gasteiger partial charge is 0.497 e. The highest BCUT2D eigenvalue weighted by atomic mass is 32.2. The molecule has 24 heavy (non-hydrogen) atoms. The molecule has 0 saturated heterocycles. The second kappa shape index (κ2) is 6.25. The zero-order chi connectivity index (χ0) is 16.5. The lowest BCUT2D eigenvalue weighted by Gasteiger charge is -2.25. The van der Waals surface area contributed by atoms with Gasteiger partial charge in [0.1, 0.15) is 5.75 Å². The molecule has 2 nitrogen and oxygen atoms in total. The number of ether oxygens (including phenoxy) is 1. The van der Waals surface area contributed by atoms with E-state index in [1.165, 1.54) is 21.7 Å². The summed E-state index contributed by atoms with van der Waals surface area (Å²) in [5.74, 6) is 0.874. The van der Waals surface area contributed by atoms with Crippen LogP contribution in [0.15, 0.2) is 83.6 Å². The van der Waals surface area contributed by atoms with Crippen LogP contribution in [0.2, 0.25) is 0 Å². The highest BCUT2D eigenvalue weighted by Gasteiger charge is 2.28. The van der Waals surface area contributed by atoms with E-state index in [0.29, 0.717) is 5.25 Å². The van der Waals surface area contributed by atoms with Crippen molar-refractivity contribution in [2.24, 2.45) is 0 Å². The monoisotopic (exact) mass is 333 g/mol. The van der Waals surface area contributed by atoms with E-state index in [-0.39, 0.29) is 0 Å². The summed E-state index contributed by atoms with van der Waals surface area (Å²) in [7, 11) is 1.70. The fraction of sp³-hybridized carbons (Fsp3) is 0.143. The second-order valence-corrected chi connectivity index (χ2v) is 7.13. The topological polar surface area (TPSA) is 12.5 Å². The van der Waals surface area contributed by atoms with Gasteiger partial charge >= 0.3 is 0 Å². The zero-order valence-electron chi connectivity index (χ0n) is 13.8. The molecule has 0 bridgehead atoms. The van der Waals surface area contributed by atoms with Gasteiger partial charge in [0, 0.05) is 22.9 Å². The first-order valence-corrected chi connectivity index (χ1v) is 8.90. The maximum Gasteiger partial charge on any atom is 0.120 e. The van der Waals surface area contributed by atoms with Gasteiger partial charge in [-0.3, -0.25) is 0 Å². The minimum atomic E-state index is 0.360. The van der Waals surface area contributed by atoms with Gasteiger partial charge in [0.2, 0.25) is 0 Å². The molecule has 120 valence electrons. The molecule has 1 unspecified atom stereocenters. The molecule has 4 rings (SSSR count). The predicted octanol–water partition coefficient (Wildman–Crippen LogP) is 5.59. The molecular weight excluding hydrogens is 314 g/mol. The number of benzene rings is 2. The number of rotatable bonds is 3. The Bertz CT molecular complexity index is 866. The van der Waals surface area contributed by atoms with Crippen molar-refractivity contribution in [1.82, 2.24) is 0 Å². The molecule has 2 aromatic carbocycles. The smallest absolute Gasteiger partial charge is 0.120 e. The summed E-state index contributed by atoms with van der Waals surface area (Å²) < 4.78 is 5.37. The lowest BCUT2D eigenvalue weighted by molar-refractivity contribution is 0.415. The summed E-state index contributed by atoms with van der Waals surface area (Å²) in [6.45, 7) is 2.15. The average Bonchev–Trinajstić information content (AvgIpc) is 3.06. The molecule has 1 atom stereocenters. The van der Waals surface area contributed by atoms with E-state index in [0.717, 1.165) is 11.4 Å². The molecule has 0 aliphatic carbocycles. The lowest BCUT2D eigenvalue weighted by Crippen LogP contribution is -2.16. The SMILES string of the molecule is COc1cccc(N2C=CC=C3SC(c4cccc(C)c4)C=C32)c1. The Labute approximate surface area is 147 Å². The van der Waals surface area contributed by atoms with E-state index in [2.05, 4.69) is 72.6 Å². The van der Waals surface area contributed by atoms with Gasteiger partial charge in [0.15, 0.2) is 0 Å². The molecule has 2 aliphatic heterocycles. The van der Waals surface area contributed by atoms with E-state index in [1.807, 2.05) is 23.9 Å². The van der Waals surface area contributed by atoms with E-state index >= 15 is 0 Å². The molecule has 0 saturated carbocycles. The molecule has 2 aromatic rings. The number of aryl methyl sites for hydroxylation is 1. The maximum atomic E-state index is 5.37. The van der Waals surface area contributed by atoms with Crippen LogP contribution in [0.25, 0.3) is 0 Å². The van der Waals surface area contributed by atoms with Gasteiger partial charge in [-0.2, -0.15) is 0 Å². The maximum absolute atomic E-state index is 5.37. The number of hydrogen-bond donors (Lipinski definition) is 0. The molecular formula is C21H19NOS. The van der Waals surface area contributed by atoms with Crippen LogP contribution >= 0.6 is 11.8 Å². The first-order valence-electron chi connectivity index (χ1n) is 8.02. The Morgan fingerprint density at radius 2 is 1.96 bits per heavy atom. The summed E-state index contributed by atoms with van der Waals surface area (Å²) in [5.41, 5.74) is 5.03. The van der Waals surface area contributed by atoms with Gasteiger partial charge in [0.05, 0.1) is 18.1 Å². The Balaban J connectivity index is 1.70. The van der Waals surface area contributed by atoms with Crippen molar-refractivity contribution in [3.05, 3.63) is 94.7 Å². The first kappa shape index (κ1) is 15.2. The molecule has 0 radical (unpaired) electrons. The van der Waals surface area contributed by atoms with Gasteiger partial charge in [-0.1, -0.05) is 35.9 Å². The van der Waals surface area contributed by atoms with Crippen molar-refractivity contribution >= 4 is 17.4 Å². The average molecular weight is 333 g/mol. The van der Waals surface area contributed by atoms with Crippen molar-refractivity contribution in [2.45, 2.75) is 12.2 Å². The molecule has 2 heterocycles. The van der Waals surface area contributed by atoms with Gasteiger partial charge in [0.25, 0.3) is 0 Å². The molecule has 0 spiro atoms. The van der Waals surface area contributed by atoms with Crippen LogP contribution in [-0.4, -0.2) is 7.11 Å². The van der Waals surface area contributed by atoms with Crippen LogP contribution in [0.1, 0.15) is 16.4 Å². The standard InChI is InChI=1S/C21H19NOS/c1-15-6-3-7-16(12-15)21-14-19-20(24-21)10-5-11-22(19)17-8-4-9-18(13-17)23-2/h3-14,21H,1-2H3. The van der Waals surface area contributed by atoms with Gasteiger partial charge in [-0.25, -0.2) is 0 Å². The van der Waals surface area contributed by atoms with Crippen molar-refractivity contribution < 1.29 is 4.74 Å². The molecule has 0 fully saturated rings. The highest BCUT2D eigenvalue weighted by Crippen LogP contribution is 2.49. The number of nitrogens with zero attached hydrogens (tertiary/aromatic N) is 1. The minimum Gasteiger partial charge on any atom is -0.497 e. The third kappa shape index (κ3) is 2.76. The van der Waals surface area contributed by atoms with Gasteiger partial charge in [-0.15, -0.1) is 11.8 Å². The Morgan fingerprint density at radius 1 is 1.08 bits per heavy atom. The van der Waals surface area contributed by atoms with Crippen molar-refractivity contribution in [1.29, 1.82) is 0 Å². The van der Waals surface area contributed by atoms with Crippen molar-refractivity contribution in [3.63, 3.8) is 0 Å². The normalized spacial score (nSPS) is 18.9. The van der Waals surface area contributed by atoms with Crippen molar-refractivity contribution in [3.8, 4) is 5.75 Å². The van der Waals surface area contributed by atoms with Crippen LogP contribution in [0.4, 0.5) is 5.69 Å². The van der Waals surface area contributed by atoms with E-state index in [9.17, 15) is 0 Å². The zero-order valence-corrected chi connectivity index (χ0v) is 14.6. The van der Waals surface area contributed by atoms with E-state index < -0.39 is 0 Å². The quantitative estimate of drug-likeness (QED) is 0.726.